The summed E-state index contributed by atoms with van der Waals surface area (Å²) < 4.78 is 5.41. The number of anilines is 1. The minimum Gasteiger partial charge on any atom is -0.441 e. The van der Waals surface area contributed by atoms with Gasteiger partial charge in [-0.2, -0.15) is 0 Å². The molecule has 68 valence electrons. The van der Waals surface area contributed by atoms with Crippen molar-refractivity contribution in [1.82, 2.24) is 4.98 Å². The fourth-order valence-electron chi connectivity index (χ4n) is 1.18. The molecule has 0 bridgehead atoms. The molecular formula is C9H9ClN2O. The Kier molecular flexibility index (Phi) is 2.10. The molecule has 2 rings (SSSR count). The molecule has 13 heavy (non-hydrogen) atoms. The Labute approximate surface area is 80.5 Å². The van der Waals surface area contributed by atoms with Crippen LogP contribution in [-0.4, -0.2) is 10.9 Å². The number of nitrogens with two attached hydrogens (primary N) is 1. The predicted octanol–water partition coefficient (Wildman–Crippen LogP) is 2.19. The number of rotatable bonds is 2. The number of hydrogen-bond donors (Lipinski definition) is 1. The lowest BCUT2D eigenvalue weighted by Gasteiger charge is -1.88. The number of fused-ring (bicyclic) bond motifs is 1. The van der Waals surface area contributed by atoms with Crippen molar-refractivity contribution >= 4 is 28.4 Å². The van der Waals surface area contributed by atoms with Gasteiger partial charge in [-0.25, -0.2) is 4.98 Å². The monoisotopic (exact) mass is 196 g/mol. The van der Waals surface area contributed by atoms with Crippen molar-refractivity contribution in [3.8, 4) is 0 Å². The number of nitrogen functional groups attached to an aromatic ring is 1. The molecule has 1 heterocycles. The molecule has 3 nitrogen and oxygen atoms in total. The van der Waals surface area contributed by atoms with Gasteiger partial charge in [0.05, 0.1) is 0 Å². The molecule has 0 amide bonds. The quantitative estimate of drug-likeness (QED) is 0.592. The molecule has 2 aromatic rings. The average molecular weight is 197 g/mol. The summed E-state index contributed by atoms with van der Waals surface area (Å²) in [6.45, 7) is 0. The number of aromatic nitrogens is 1. The molecule has 0 fully saturated rings. The molecule has 0 unspecified atom stereocenters. The van der Waals surface area contributed by atoms with Crippen molar-refractivity contribution in [2.75, 3.05) is 11.6 Å². The molecule has 0 radical (unpaired) electrons. The molecule has 0 aliphatic heterocycles. The summed E-state index contributed by atoms with van der Waals surface area (Å²) in [6, 6.07) is 5.40. The first-order valence-corrected chi connectivity index (χ1v) is 4.54. The Hall–Kier alpha value is -1.22. The normalized spacial score (nSPS) is 10.8. The number of hydrogen-bond acceptors (Lipinski definition) is 3. The van der Waals surface area contributed by atoms with Gasteiger partial charge in [0.2, 0.25) is 0 Å². The third-order valence-electron chi connectivity index (χ3n) is 1.77. The van der Waals surface area contributed by atoms with Crippen molar-refractivity contribution in [1.29, 1.82) is 0 Å². The Morgan fingerprint density at radius 3 is 3.08 bits per heavy atom. The third-order valence-corrected chi connectivity index (χ3v) is 1.95. The van der Waals surface area contributed by atoms with Gasteiger partial charge in [-0.15, -0.1) is 11.6 Å². The van der Waals surface area contributed by atoms with Gasteiger partial charge in [-0.3, -0.25) is 0 Å². The second-order valence-electron chi connectivity index (χ2n) is 2.77. The number of nitrogens with zero attached hydrogens (tertiary/aromatic N) is 1. The number of halogens is 1. The number of alkyl halides is 1. The Morgan fingerprint density at radius 2 is 2.31 bits per heavy atom. The van der Waals surface area contributed by atoms with Crippen LogP contribution < -0.4 is 5.73 Å². The molecule has 0 aliphatic carbocycles. The number of benzene rings is 1. The summed E-state index contributed by atoms with van der Waals surface area (Å²) >= 11 is 5.57. The SMILES string of the molecule is Nc1ccc2nc(CCCl)oc2c1. The molecule has 1 aromatic carbocycles. The zero-order valence-corrected chi connectivity index (χ0v) is 7.71. The summed E-state index contributed by atoms with van der Waals surface area (Å²) in [5, 5.41) is 0. The fraction of sp³-hybridized carbons (Fsp3) is 0.222. The Balaban J connectivity index is 2.49. The van der Waals surface area contributed by atoms with Gasteiger partial charge in [0.1, 0.15) is 5.52 Å². The first-order valence-electron chi connectivity index (χ1n) is 4.00. The smallest absolute Gasteiger partial charge is 0.196 e. The van der Waals surface area contributed by atoms with Crippen LogP contribution in [0.2, 0.25) is 0 Å². The van der Waals surface area contributed by atoms with E-state index in [9.17, 15) is 0 Å². The van der Waals surface area contributed by atoms with Gasteiger partial charge in [-0.05, 0) is 12.1 Å². The second-order valence-corrected chi connectivity index (χ2v) is 3.15. The van der Waals surface area contributed by atoms with E-state index in [0.717, 1.165) is 11.1 Å². The van der Waals surface area contributed by atoms with Crippen LogP contribution in [0.3, 0.4) is 0 Å². The third kappa shape index (κ3) is 1.60. The summed E-state index contributed by atoms with van der Waals surface area (Å²) in [4.78, 5) is 4.24. The van der Waals surface area contributed by atoms with E-state index < -0.39 is 0 Å². The minimum absolute atomic E-state index is 0.516. The van der Waals surface area contributed by atoms with Crippen LogP contribution in [0.25, 0.3) is 11.1 Å². The average Bonchev–Trinajstić information content (AvgIpc) is 2.46. The molecule has 0 aliphatic rings. The van der Waals surface area contributed by atoms with Crippen LogP contribution >= 0.6 is 11.6 Å². The van der Waals surface area contributed by atoms with E-state index in [1.807, 2.05) is 6.07 Å². The lowest BCUT2D eigenvalue weighted by atomic mass is 10.3. The highest BCUT2D eigenvalue weighted by Gasteiger charge is 2.04. The second kappa shape index (κ2) is 3.26. The Morgan fingerprint density at radius 1 is 1.46 bits per heavy atom. The predicted molar refractivity (Wildman–Crippen MR) is 52.8 cm³/mol. The fourth-order valence-corrected chi connectivity index (χ4v) is 1.34. The van der Waals surface area contributed by atoms with E-state index in [1.165, 1.54) is 0 Å². The Bertz CT molecular complexity index is 424. The molecule has 0 saturated heterocycles. The van der Waals surface area contributed by atoms with Crippen molar-refractivity contribution in [3.05, 3.63) is 24.1 Å². The van der Waals surface area contributed by atoms with E-state index in [2.05, 4.69) is 4.98 Å². The zero-order valence-electron chi connectivity index (χ0n) is 6.96. The maximum Gasteiger partial charge on any atom is 0.196 e. The van der Waals surface area contributed by atoms with Crippen molar-refractivity contribution in [3.63, 3.8) is 0 Å². The van der Waals surface area contributed by atoms with Gasteiger partial charge in [-0.1, -0.05) is 0 Å². The molecule has 0 saturated carbocycles. The molecule has 1 aromatic heterocycles. The van der Waals surface area contributed by atoms with Gasteiger partial charge < -0.3 is 10.2 Å². The highest BCUT2D eigenvalue weighted by molar-refractivity contribution is 6.17. The highest BCUT2D eigenvalue weighted by atomic mass is 35.5. The lowest BCUT2D eigenvalue weighted by Crippen LogP contribution is -1.83. The van der Waals surface area contributed by atoms with Crippen molar-refractivity contribution in [2.45, 2.75) is 6.42 Å². The number of oxazole rings is 1. The maximum absolute atomic E-state index is 5.59. The summed E-state index contributed by atoms with van der Waals surface area (Å²) in [6.07, 6.45) is 0.649. The van der Waals surface area contributed by atoms with E-state index in [1.54, 1.807) is 12.1 Å². The summed E-state index contributed by atoms with van der Waals surface area (Å²) in [7, 11) is 0. The first-order chi connectivity index (χ1) is 6.29. The largest absolute Gasteiger partial charge is 0.441 e. The molecule has 0 atom stereocenters. The van der Waals surface area contributed by atoms with Gasteiger partial charge in [0, 0.05) is 24.1 Å². The molecule has 2 N–H and O–H groups in total. The van der Waals surface area contributed by atoms with Crippen LogP contribution in [0, 0.1) is 0 Å². The van der Waals surface area contributed by atoms with E-state index in [4.69, 9.17) is 21.8 Å². The van der Waals surface area contributed by atoms with E-state index >= 15 is 0 Å². The standard InChI is InChI=1S/C9H9ClN2O/c10-4-3-9-12-7-2-1-6(11)5-8(7)13-9/h1-2,5H,3-4,11H2. The van der Waals surface area contributed by atoms with Crippen LogP contribution in [0.1, 0.15) is 5.89 Å². The zero-order chi connectivity index (χ0) is 9.26. The van der Waals surface area contributed by atoms with E-state index in [0.29, 0.717) is 23.9 Å². The lowest BCUT2D eigenvalue weighted by molar-refractivity contribution is 0.539. The first kappa shape index (κ1) is 8.38. The van der Waals surface area contributed by atoms with Crippen molar-refractivity contribution in [2.24, 2.45) is 0 Å². The van der Waals surface area contributed by atoms with Crippen molar-refractivity contribution < 1.29 is 4.42 Å². The maximum atomic E-state index is 5.59. The number of aryl methyl sites for hydroxylation is 1. The minimum atomic E-state index is 0.516. The summed E-state index contributed by atoms with van der Waals surface area (Å²) in [5.41, 5.74) is 7.83. The van der Waals surface area contributed by atoms with Gasteiger partial charge in [0.25, 0.3) is 0 Å². The van der Waals surface area contributed by atoms with Gasteiger partial charge in [0.15, 0.2) is 11.5 Å². The molecular weight excluding hydrogens is 188 g/mol. The topological polar surface area (TPSA) is 52.0 Å². The van der Waals surface area contributed by atoms with Crippen LogP contribution in [0.4, 0.5) is 5.69 Å². The highest BCUT2D eigenvalue weighted by Crippen LogP contribution is 2.18. The molecule has 4 heteroatoms. The van der Waals surface area contributed by atoms with Crippen LogP contribution in [0.15, 0.2) is 22.6 Å². The van der Waals surface area contributed by atoms with Crippen LogP contribution in [0.5, 0.6) is 0 Å². The summed E-state index contributed by atoms with van der Waals surface area (Å²) in [5.74, 6) is 1.18. The van der Waals surface area contributed by atoms with E-state index in [-0.39, 0.29) is 0 Å². The van der Waals surface area contributed by atoms with Gasteiger partial charge >= 0.3 is 0 Å². The molecule has 0 spiro atoms. The van der Waals surface area contributed by atoms with Crippen LogP contribution in [-0.2, 0) is 6.42 Å².